The van der Waals surface area contributed by atoms with Gasteiger partial charge in [-0.15, -0.1) is 0 Å². The Morgan fingerprint density at radius 2 is 1.83 bits per heavy atom. The number of hydrogen-bond donors (Lipinski definition) is 2. The van der Waals surface area contributed by atoms with E-state index >= 15 is 0 Å². The van der Waals surface area contributed by atoms with Crippen LogP contribution < -0.4 is 5.32 Å². The second-order valence-electron chi connectivity index (χ2n) is 3.10. The molecule has 0 aromatic heterocycles. The van der Waals surface area contributed by atoms with Crippen LogP contribution in [0.5, 0.6) is 5.75 Å². The lowest BCUT2D eigenvalue weighted by Crippen LogP contribution is -2.05. The molecule has 0 unspecified atom stereocenters. The van der Waals surface area contributed by atoms with Gasteiger partial charge in [0.1, 0.15) is 5.75 Å². The molecule has 1 rings (SSSR count). The van der Waals surface area contributed by atoms with Crippen molar-refractivity contribution >= 4 is 0 Å². The number of aryl methyl sites for hydroxylation is 2. The molecule has 2 N–H and O–H groups in total. The zero-order valence-electron chi connectivity index (χ0n) is 7.81. The average molecular weight is 165 g/mol. The molecule has 0 saturated heterocycles. The maximum Gasteiger partial charge on any atom is 0.120 e. The molecule has 1 aromatic rings. The highest BCUT2D eigenvalue weighted by molar-refractivity contribution is 5.40. The maximum absolute atomic E-state index is 9.51. The monoisotopic (exact) mass is 165 g/mol. The van der Waals surface area contributed by atoms with Gasteiger partial charge in [-0.05, 0) is 38.1 Å². The third-order valence-electron chi connectivity index (χ3n) is 2.06. The predicted molar refractivity (Wildman–Crippen MR) is 50.3 cm³/mol. The van der Waals surface area contributed by atoms with Crippen LogP contribution in [0, 0.1) is 13.8 Å². The highest BCUT2D eigenvalue weighted by Gasteiger charge is 2.02. The first-order valence-electron chi connectivity index (χ1n) is 4.09. The Labute approximate surface area is 73.2 Å². The lowest BCUT2D eigenvalue weighted by molar-refractivity contribution is 0.465. The SMILES string of the molecule is CNCc1cc(C)c(C)cc1O. The van der Waals surface area contributed by atoms with E-state index in [2.05, 4.69) is 5.32 Å². The summed E-state index contributed by atoms with van der Waals surface area (Å²) in [6.07, 6.45) is 0. The van der Waals surface area contributed by atoms with Crippen LogP contribution in [0.2, 0.25) is 0 Å². The van der Waals surface area contributed by atoms with Crippen molar-refractivity contribution in [2.24, 2.45) is 0 Å². The zero-order chi connectivity index (χ0) is 9.14. The lowest BCUT2D eigenvalue weighted by atomic mass is 10.1. The number of rotatable bonds is 2. The van der Waals surface area contributed by atoms with Gasteiger partial charge in [0.25, 0.3) is 0 Å². The fourth-order valence-corrected chi connectivity index (χ4v) is 1.19. The molecule has 12 heavy (non-hydrogen) atoms. The quantitative estimate of drug-likeness (QED) is 0.699. The number of phenols is 1. The van der Waals surface area contributed by atoms with Gasteiger partial charge in [0.2, 0.25) is 0 Å². The molecule has 0 fully saturated rings. The van der Waals surface area contributed by atoms with E-state index in [0.29, 0.717) is 12.3 Å². The summed E-state index contributed by atoms with van der Waals surface area (Å²) in [5.74, 6) is 0.382. The second kappa shape index (κ2) is 3.59. The first-order valence-corrected chi connectivity index (χ1v) is 4.09. The van der Waals surface area contributed by atoms with Crippen LogP contribution >= 0.6 is 0 Å². The van der Waals surface area contributed by atoms with Gasteiger partial charge in [-0.1, -0.05) is 6.07 Å². The minimum absolute atomic E-state index is 0.382. The van der Waals surface area contributed by atoms with E-state index in [1.807, 2.05) is 33.0 Å². The van der Waals surface area contributed by atoms with Crippen molar-refractivity contribution in [2.45, 2.75) is 20.4 Å². The number of phenolic OH excluding ortho intramolecular Hbond substituents is 1. The lowest BCUT2D eigenvalue weighted by Gasteiger charge is -2.07. The van der Waals surface area contributed by atoms with E-state index in [0.717, 1.165) is 11.1 Å². The standard InChI is InChI=1S/C10H15NO/c1-7-4-9(6-11-3)10(12)5-8(7)2/h4-5,11-12H,6H2,1-3H3. The summed E-state index contributed by atoms with van der Waals surface area (Å²) in [5, 5.41) is 12.5. The van der Waals surface area contributed by atoms with Crippen LogP contribution in [0.4, 0.5) is 0 Å². The highest BCUT2D eigenvalue weighted by atomic mass is 16.3. The molecule has 0 aliphatic heterocycles. The van der Waals surface area contributed by atoms with Gasteiger partial charge in [0.15, 0.2) is 0 Å². The molecule has 0 spiro atoms. The van der Waals surface area contributed by atoms with Crippen molar-refractivity contribution < 1.29 is 5.11 Å². The summed E-state index contributed by atoms with van der Waals surface area (Å²) in [5.41, 5.74) is 3.31. The summed E-state index contributed by atoms with van der Waals surface area (Å²) >= 11 is 0. The molecule has 0 saturated carbocycles. The van der Waals surface area contributed by atoms with E-state index < -0.39 is 0 Å². The summed E-state index contributed by atoms with van der Waals surface area (Å²) in [6, 6.07) is 3.82. The average Bonchev–Trinajstić information content (AvgIpc) is 2.01. The van der Waals surface area contributed by atoms with Crippen LogP contribution in [-0.2, 0) is 6.54 Å². The number of aromatic hydroxyl groups is 1. The molecule has 0 aliphatic rings. The van der Waals surface area contributed by atoms with Gasteiger partial charge in [-0.25, -0.2) is 0 Å². The van der Waals surface area contributed by atoms with E-state index in [1.165, 1.54) is 5.56 Å². The molecule has 0 radical (unpaired) electrons. The molecule has 2 nitrogen and oxygen atoms in total. The molecular weight excluding hydrogens is 150 g/mol. The van der Waals surface area contributed by atoms with Crippen molar-refractivity contribution in [1.29, 1.82) is 0 Å². The Hall–Kier alpha value is -1.02. The molecule has 0 atom stereocenters. The number of hydrogen-bond acceptors (Lipinski definition) is 2. The Kier molecular flexibility index (Phi) is 2.71. The number of nitrogens with one attached hydrogen (secondary N) is 1. The Balaban J connectivity index is 3.05. The number of benzene rings is 1. The fraction of sp³-hybridized carbons (Fsp3) is 0.400. The van der Waals surface area contributed by atoms with E-state index in [-0.39, 0.29) is 0 Å². The first kappa shape index (κ1) is 9.07. The zero-order valence-corrected chi connectivity index (χ0v) is 7.81. The normalized spacial score (nSPS) is 10.2. The fourth-order valence-electron chi connectivity index (χ4n) is 1.19. The smallest absolute Gasteiger partial charge is 0.120 e. The van der Waals surface area contributed by atoms with Crippen molar-refractivity contribution in [3.63, 3.8) is 0 Å². The Morgan fingerprint density at radius 1 is 1.25 bits per heavy atom. The maximum atomic E-state index is 9.51. The van der Waals surface area contributed by atoms with Crippen LogP contribution in [0.3, 0.4) is 0 Å². The van der Waals surface area contributed by atoms with Crippen LogP contribution in [0.15, 0.2) is 12.1 Å². The third kappa shape index (κ3) is 1.77. The summed E-state index contributed by atoms with van der Waals surface area (Å²) in [7, 11) is 1.87. The van der Waals surface area contributed by atoms with Gasteiger partial charge < -0.3 is 10.4 Å². The summed E-state index contributed by atoms with van der Waals surface area (Å²) in [4.78, 5) is 0. The Bertz CT molecular complexity index is 281. The van der Waals surface area contributed by atoms with Crippen molar-refractivity contribution in [2.75, 3.05) is 7.05 Å². The topological polar surface area (TPSA) is 32.3 Å². The van der Waals surface area contributed by atoms with Gasteiger partial charge in [-0.2, -0.15) is 0 Å². The molecule has 0 amide bonds. The predicted octanol–water partition coefficient (Wildman–Crippen LogP) is 1.73. The third-order valence-corrected chi connectivity index (χ3v) is 2.06. The van der Waals surface area contributed by atoms with E-state index in [9.17, 15) is 5.11 Å². The van der Waals surface area contributed by atoms with Crippen molar-refractivity contribution in [1.82, 2.24) is 5.32 Å². The van der Waals surface area contributed by atoms with Crippen LogP contribution in [0.25, 0.3) is 0 Å². The molecule has 66 valence electrons. The van der Waals surface area contributed by atoms with Crippen molar-refractivity contribution in [3.05, 3.63) is 28.8 Å². The molecule has 1 aromatic carbocycles. The van der Waals surface area contributed by atoms with Crippen LogP contribution in [-0.4, -0.2) is 12.2 Å². The molecule has 0 heterocycles. The van der Waals surface area contributed by atoms with Gasteiger partial charge in [-0.3, -0.25) is 0 Å². The largest absolute Gasteiger partial charge is 0.508 e. The molecule has 2 heteroatoms. The second-order valence-corrected chi connectivity index (χ2v) is 3.10. The Morgan fingerprint density at radius 3 is 2.42 bits per heavy atom. The first-order chi connectivity index (χ1) is 5.65. The van der Waals surface area contributed by atoms with Gasteiger partial charge in [0.05, 0.1) is 0 Å². The van der Waals surface area contributed by atoms with E-state index in [4.69, 9.17) is 0 Å². The molecule has 0 bridgehead atoms. The molecule has 0 aliphatic carbocycles. The van der Waals surface area contributed by atoms with Crippen molar-refractivity contribution in [3.8, 4) is 5.75 Å². The summed E-state index contributed by atoms with van der Waals surface area (Å²) in [6.45, 7) is 4.76. The van der Waals surface area contributed by atoms with Gasteiger partial charge in [0, 0.05) is 12.1 Å². The minimum Gasteiger partial charge on any atom is -0.508 e. The van der Waals surface area contributed by atoms with E-state index in [1.54, 1.807) is 0 Å². The van der Waals surface area contributed by atoms with Gasteiger partial charge >= 0.3 is 0 Å². The highest BCUT2D eigenvalue weighted by Crippen LogP contribution is 2.21. The minimum atomic E-state index is 0.382. The summed E-state index contributed by atoms with van der Waals surface area (Å²) < 4.78 is 0. The van der Waals surface area contributed by atoms with Crippen LogP contribution in [0.1, 0.15) is 16.7 Å². The molecular formula is C10H15NO.